The van der Waals surface area contributed by atoms with Crippen LogP contribution in [-0.4, -0.2) is 26.6 Å². The Morgan fingerprint density at radius 1 is 1.29 bits per heavy atom. The van der Waals surface area contributed by atoms with Gasteiger partial charge in [0.25, 0.3) is 0 Å². The molecule has 5 nitrogen and oxygen atoms in total. The van der Waals surface area contributed by atoms with Crippen molar-refractivity contribution < 1.29 is 4.74 Å². The van der Waals surface area contributed by atoms with Crippen LogP contribution in [0.2, 0.25) is 0 Å². The van der Waals surface area contributed by atoms with Crippen LogP contribution in [0.5, 0.6) is 5.88 Å². The number of alkyl halides is 1. The summed E-state index contributed by atoms with van der Waals surface area (Å²) in [5.74, 6) is 2.37. The molecule has 2 atom stereocenters. The fourth-order valence-electron chi connectivity index (χ4n) is 3.38. The lowest BCUT2D eigenvalue weighted by Crippen LogP contribution is -2.18. The van der Waals surface area contributed by atoms with E-state index in [0.29, 0.717) is 29.2 Å². The normalized spacial score (nSPS) is 23.2. The first kappa shape index (κ1) is 14.6. The van der Waals surface area contributed by atoms with E-state index in [-0.39, 0.29) is 0 Å². The largest absolute Gasteiger partial charge is 0.479 e. The third kappa shape index (κ3) is 2.59. The van der Waals surface area contributed by atoms with Gasteiger partial charge in [0.1, 0.15) is 12.2 Å². The molecule has 0 N–H and O–H groups in total. The molecule has 114 valence electrons. The van der Waals surface area contributed by atoms with Crippen molar-refractivity contribution in [1.82, 2.24) is 19.5 Å². The molecular formula is C15H21ClN4O. The van der Waals surface area contributed by atoms with E-state index in [1.165, 1.54) is 25.7 Å². The number of halogens is 1. The number of rotatable bonds is 3. The molecule has 0 saturated heterocycles. The first-order valence-electron chi connectivity index (χ1n) is 7.58. The van der Waals surface area contributed by atoms with Gasteiger partial charge in [0.05, 0.1) is 13.0 Å². The van der Waals surface area contributed by atoms with Crippen LogP contribution in [0.25, 0.3) is 11.2 Å². The highest BCUT2D eigenvalue weighted by atomic mass is 35.5. The molecule has 2 aromatic heterocycles. The molecule has 21 heavy (non-hydrogen) atoms. The van der Waals surface area contributed by atoms with Crippen molar-refractivity contribution in [3.05, 3.63) is 12.2 Å². The molecule has 2 aromatic rings. The van der Waals surface area contributed by atoms with Crippen LogP contribution in [0.1, 0.15) is 50.9 Å². The predicted molar refractivity (Wildman–Crippen MR) is 82.7 cm³/mol. The monoisotopic (exact) mass is 308 g/mol. The van der Waals surface area contributed by atoms with Gasteiger partial charge in [-0.3, -0.25) is 0 Å². The van der Waals surface area contributed by atoms with Gasteiger partial charge < -0.3 is 9.30 Å². The minimum Gasteiger partial charge on any atom is -0.479 e. The summed E-state index contributed by atoms with van der Waals surface area (Å²) in [6.07, 6.45) is 7.80. The van der Waals surface area contributed by atoms with E-state index in [1.807, 2.05) is 0 Å². The molecular weight excluding hydrogens is 288 g/mol. The van der Waals surface area contributed by atoms with Gasteiger partial charge in [-0.2, -0.15) is 4.98 Å². The SMILES string of the molecule is COc1ncnc2c1nc(CCl)n2C1CCCCCC1C. The van der Waals surface area contributed by atoms with Gasteiger partial charge in [0, 0.05) is 6.04 Å². The molecule has 0 bridgehead atoms. The number of methoxy groups -OCH3 is 1. The maximum Gasteiger partial charge on any atom is 0.245 e. The van der Waals surface area contributed by atoms with Crippen LogP contribution in [0.4, 0.5) is 0 Å². The van der Waals surface area contributed by atoms with Crippen LogP contribution >= 0.6 is 11.6 Å². The second-order valence-electron chi connectivity index (χ2n) is 5.77. The number of aromatic nitrogens is 4. The van der Waals surface area contributed by atoms with Gasteiger partial charge >= 0.3 is 0 Å². The number of fused-ring (bicyclic) bond motifs is 1. The lowest BCUT2D eigenvalue weighted by molar-refractivity contribution is 0.333. The predicted octanol–water partition coefficient (Wildman–Crippen LogP) is 3.72. The molecule has 0 spiro atoms. The topological polar surface area (TPSA) is 52.8 Å². The minimum absolute atomic E-state index is 0.378. The van der Waals surface area contributed by atoms with Crippen molar-refractivity contribution in [2.24, 2.45) is 5.92 Å². The molecule has 0 aromatic carbocycles. The van der Waals surface area contributed by atoms with Crippen molar-refractivity contribution >= 4 is 22.8 Å². The standard InChI is InChI=1S/C15H21ClN4O/c1-10-6-4-3-5-7-11(10)20-12(8-16)19-13-14(20)17-9-18-15(13)21-2/h9-11H,3-8H2,1-2H3. The molecule has 0 amide bonds. The summed E-state index contributed by atoms with van der Waals surface area (Å²) in [6.45, 7) is 2.32. The van der Waals surface area contributed by atoms with Gasteiger partial charge in [-0.1, -0.05) is 26.2 Å². The molecule has 0 radical (unpaired) electrons. The molecule has 3 rings (SSSR count). The van der Waals surface area contributed by atoms with Crippen LogP contribution < -0.4 is 4.74 Å². The average molecular weight is 309 g/mol. The number of ether oxygens (including phenoxy) is 1. The van der Waals surface area contributed by atoms with E-state index in [2.05, 4.69) is 26.4 Å². The fraction of sp³-hybridized carbons (Fsp3) is 0.667. The third-order valence-electron chi connectivity index (χ3n) is 4.48. The Kier molecular flexibility index (Phi) is 4.29. The van der Waals surface area contributed by atoms with Gasteiger partial charge in [0.15, 0.2) is 11.2 Å². The maximum absolute atomic E-state index is 6.13. The number of imidazole rings is 1. The lowest BCUT2D eigenvalue weighted by Gasteiger charge is -2.25. The van der Waals surface area contributed by atoms with Gasteiger partial charge in [-0.05, 0) is 18.8 Å². The first-order valence-corrected chi connectivity index (χ1v) is 8.11. The lowest BCUT2D eigenvalue weighted by atomic mass is 9.96. The summed E-state index contributed by atoms with van der Waals surface area (Å²) in [4.78, 5) is 13.2. The molecule has 2 unspecified atom stereocenters. The van der Waals surface area contributed by atoms with E-state index in [0.717, 1.165) is 17.9 Å². The van der Waals surface area contributed by atoms with E-state index in [4.69, 9.17) is 16.3 Å². The van der Waals surface area contributed by atoms with Crippen LogP contribution in [-0.2, 0) is 5.88 Å². The van der Waals surface area contributed by atoms with Crippen molar-refractivity contribution in [3.8, 4) is 5.88 Å². The van der Waals surface area contributed by atoms with Crippen molar-refractivity contribution in [2.45, 2.75) is 50.9 Å². The van der Waals surface area contributed by atoms with Crippen molar-refractivity contribution in [2.75, 3.05) is 7.11 Å². The van der Waals surface area contributed by atoms with Gasteiger partial charge in [0.2, 0.25) is 5.88 Å². The fourth-order valence-corrected chi connectivity index (χ4v) is 3.57. The van der Waals surface area contributed by atoms with E-state index >= 15 is 0 Å². The zero-order valence-corrected chi connectivity index (χ0v) is 13.3. The Morgan fingerprint density at radius 2 is 2.10 bits per heavy atom. The molecule has 2 heterocycles. The number of nitrogens with zero attached hydrogens (tertiary/aromatic N) is 4. The highest BCUT2D eigenvalue weighted by Gasteiger charge is 2.27. The zero-order chi connectivity index (χ0) is 14.8. The minimum atomic E-state index is 0.378. The smallest absolute Gasteiger partial charge is 0.245 e. The summed E-state index contributed by atoms with van der Waals surface area (Å²) in [5, 5.41) is 0. The van der Waals surface area contributed by atoms with E-state index in [9.17, 15) is 0 Å². The van der Waals surface area contributed by atoms with Gasteiger partial charge in [-0.25, -0.2) is 9.97 Å². The first-order chi connectivity index (χ1) is 10.3. The maximum atomic E-state index is 6.13. The molecule has 0 aliphatic heterocycles. The molecule has 1 saturated carbocycles. The highest BCUT2D eigenvalue weighted by Crippen LogP contribution is 2.36. The Balaban J connectivity index is 2.15. The Morgan fingerprint density at radius 3 is 2.86 bits per heavy atom. The Labute approximate surface area is 129 Å². The molecule has 1 fully saturated rings. The summed E-state index contributed by atoms with van der Waals surface area (Å²) in [7, 11) is 1.61. The summed E-state index contributed by atoms with van der Waals surface area (Å²) >= 11 is 6.13. The third-order valence-corrected chi connectivity index (χ3v) is 4.72. The Hall–Kier alpha value is -1.36. The van der Waals surface area contributed by atoms with Crippen molar-refractivity contribution in [1.29, 1.82) is 0 Å². The molecule has 1 aliphatic carbocycles. The van der Waals surface area contributed by atoms with Gasteiger partial charge in [-0.15, -0.1) is 11.6 Å². The highest BCUT2D eigenvalue weighted by molar-refractivity contribution is 6.16. The summed E-state index contributed by atoms with van der Waals surface area (Å²) in [5.41, 5.74) is 1.56. The van der Waals surface area contributed by atoms with Crippen LogP contribution in [0.3, 0.4) is 0 Å². The molecule has 1 aliphatic rings. The summed E-state index contributed by atoms with van der Waals surface area (Å²) < 4.78 is 7.53. The Bertz CT molecular complexity index is 627. The van der Waals surface area contributed by atoms with Crippen LogP contribution in [0.15, 0.2) is 6.33 Å². The second kappa shape index (κ2) is 6.18. The average Bonchev–Trinajstić information content (AvgIpc) is 2.76. The van der Waals surface area contributed by atoms with Crippen LogP contribution in [0, 0.1) is 5.92 Å². The molecule has 6 heteroatoms. The second-order valence-corrected chi connectivity index (χ2v) is 6.04. The van der Waals surface area contributed by atoms with E-state index in [1.54, 1.807) is 13.4 Å². The number of hydrogen-bond acceptors (Lipinski definition) is 4. The quantitative estimate of drug-likeness (QED) is 0.640. The number of hydrogen-bond donors (Lipinski definition) is 0. The van der Waals surface area contributed by atoms with Crippen molar-refractivity contribution in [3.63, 3.8) is 0 Å². The summed E-state index contributed by atoms with van der Waals surface area (Å²) in [6, 6.07) is 0.408. The zero-order valence-electron chi connectivity index (χ0n) is 12.5. The van der Waals surface area contributed by atoms with E-state index < -0.39 is 0 Å².